The molecule has 0 saturated heterocycles. The van der Waals surface area contributed by atoms with Gasteiger partial charge in [-0.3, -0.25) is 0 Å². The number of hydrogen-bond donors (Lipinski definition) is 2. The van der Waals surface area contributed by atoms with Crippen LogP contribution in [-0.4, -0.2) is 30.7 Å². The topological polar surface area (TPSA) is 75.0 Å². The smallest absolute Gasteiger partial charge is 0.330 e. The molecule has 1 amide bonds. The van der Waals surface area contributed by atoms with Crippen molar-refractivity contribution in [3.8, 4) is 0 Å². The van der Waals surface area contributed by atoms with Crippen LogP contribution in [0.1, 0.15) is 0 Å². The molecule has 0 aliphatic heterocycles. The van der Waals surface area contributed by atoms with Crippen molar-refractivity contribution in [3.63, 3.8) is 0 Å². The van der Waals surface area contributed by atoms with Crippen LogP contribution >= 0.6 is 11.8 Å². The summed E-state index contributed by atoms with van der Waals surface area (Å²) in [6.45, 7) is 1.07. The van der Waals surface area contributed by atoms with Crippen LogP contribution in [0.25, 0.3) is 0 Å². The molecule has 0 aliphatic rings. The van der Waals surface area contributed by atoms with Gasteiger partial charge in [0.05, 0.1) is 0 Å². The number of hydrogen-bond acceptors (Lipinski definition) is 3. The highest BCUT2D eigenvalue weighted by molar-refractivity contribution is 7.99. The molecule has 59 valence electrons. The van der Waals surface area contributed by atoms with Gasteiger partial charge in [0.15, 0.2) is 0 Å². The van der Waals surface area contributed by atoms with E-state index in [0.717, 1.165) is 11.5 Å². The van der Waals surface area contributed by atoms with E-state index in [4.69, 9.17) is 5.73 Å². The summed E-state index contributed by atoms with van der Waals surface area (Å²) >= 11 is 1.62. The van der Waals surface area contributed by atoms with E-state index in [2.05, 4.69) is 5.32 Å². The van der Waals surface area contributed by atoms with Gasteiger partial charge in [-0.25, -0.2) is 9.90 Å². The van der Waals surface area contributed by atoms with E-state index in [1.807, 2.05) is 0 Å². The third-order valence-corrected chi connectivity index (χ3v) is 1.80. The van der Waals surface area contributed by atoms with E-state index in [-0.39, 0.29) is 0 Å². The number of carbonyl (C=O) groups excluding carboxylic acids is 1. The SMILES string of the molecule is NCCSCCNC([O])=O. The van der Waals surface area contributed by atoms with Gasteiger partial charge in [-0.15, -0.1) is 0 Å². The monoisotopic (exact) mass is 163 g/mol. The molecule has 0 aromatic rings. The number of nitrogens with one attached hydrogen (secondary N) is 1. The summed E-state index contributed by atoms with van der Waals surface area (Å²) < 4.78 is 0. The molecule has 0 rings (SSSR count). The molecular formula is C5H11N2O2S. The van der Waals surface area contributed by atoms with Gasteiger partial charge in [0.1, 0.15) is 0 Å². The lowest BCUT2D eigenvalue weighted by Gasteiger charge is -1.97. The minimum Gasteiger partial charge on any atom is -0.330 e. The maximum absolute atomic E-state index is 9.78. The quantitative estimate of drug-likeness (QED) is 0.552. The first-order valence-electron chi connectivity index (χ1n) is 3.00. The Balaban J connectivity index is 2.84. The van der Waals surface area contributed by atoms with Crippen molar-refractivity contribution >= 4 is 17.9 Å². The largest absolute Gasteiger partial charge is 0.450 e. The number of amides is 1. The van der Waals surface area contributed by atoms with E-state index in [9.17, 15) is 9.90 Å². The lowest BCUT2D eigenvalue weighted by atomic mass is 10.7. The van der Waals surface area contributed by atoms with Gasteiger partial charge in [0, 0.05) is 24.6 Å². The molecule has 4 nitrogen and oxygen atoms in total. The van der Waals surface area contributed by atoms with Gasteiger partial charge in [-0.05, 0) is 0 Å². The molecule has 0 bridgehead atoms. The zero-order chi connectivity index (χ0) is 7.82. The second kappa shape index (κ2) is 6.70. The first-order chi connectivity index (χ1) is 4.77. The maximum Gasteiger partial charge on any atom is 0.450 e. The highest BCUT2D eigenvalue weighted by Crippen LogP contribution is 1.94. The summed E-state index contributed by atoms with van der Waals surface area (Å²) in [6.07, 6.45) is -1.21. The van der Waals surface area contributed by atoms with Crippen LogP contribution in [0, 0.1) is 0 Å². The lowest BCUT2D eigenvalue weighted by Crippen LogP contribution is -2.22. The fraction of sp³-hybridized carbons (Fsp3) is 0.800. The average molecular weight is 163 g/mol. The van der Waals surface area contributed by atoms with Crippen molar-refractivity contribution in [2.75, 3.05) is 24.6 Å². The Morgan fingerprint density at radius 3 is 2.70 bits per heavy atom. The molecule has 0 atom stereocenters. The average Bonchev–Trinajstić information content (AvgIpc) is 1.87. The summed E-state index contributed by atoms with van der Waals surface area (Å²) in [5.41, 5.74) is 5.20. The minimum absolute atomic E-state index is 0.438. The van der Waals surface area contributed by atoms with Gasteiger partial charge < -0.3 is 11.1 Å². The van der Waals surface area contributed by atoms with Crippen LogP contribution in [0.4, 0.5) is 4.79 Å². The predicted octanol–water partition coefficient (Wildman–Crippen LogP) is -0.182. The standard InChI is InChI=1S/C5H11N2O2S/c6-1-3-10-4-2-7-5(8)9/h7H,1-4,6H2. The first-order valence-corrected chi connectivity index (χ1v) is 4.15. The Morgan fingerprint density at radius 2 is 2.20 bits per heavy atom. The molecule has 0 aliphatic carbocycles. The summed E-state index contributed by atoms with van der Waals surface area (Å²) in [4.78, 5) is 9.78. The van der Waals surface area contributed by atoms with Gasteiger partial charge >= 0.3 is 6.09 Å². The van der Waals surface area contributed by atoms with E-state index in [1.54, 1.807) is 11.8 Å². The Kier molecular flexibility index (Phi) is 6.42. The first kappa shape index (κ1) is 9.58. The molecule has 0 spiro atoms. The molecule has 1 radical (unpaired) electrons. The molecule has 0 aromatic heterocycles. The van der Waals surface area contributed by atoms with Crippen molar-refractivity contribution in [2.24, 2.45) is 5.73 Å². The van der Waals surface area contributed by atoms with Crippen LogP contribution in [0.5, 0.6) is 0 Å². The van der Waals surface area contributed by atoms with Gasteiger partial charge in [-0.2, -0.15) is 11.8 Å². The Labute approximate surface area is 64.2 Å². The molecule has 0 unspecified atom stereocenters. The third-order valence-electron chi connectivity index (χ3n) is 0.778. The molecule has 0 fully saturated rings. The van der Waals surface area contributed by atoms with E-state index in [1.165, 1.54) is 0 Å². The molecule has 5 heteroatoms. The lowest BCUT2D eigenvalue weighted by molar-refractivity contribution is 0.169. The van der Waals surface area contributed by atoms with Gasteiger partial charge in [0.25, 0.3) is 0 Å². The molecular weight excluding hydrogens is 152 g/mol. The predicted molar refractivity (Wildman–Crippen MR) is 40.5 cm³/mol. The van der Waals surface area contributed by atoms with Crippen molar-refractivity contribution in [1.82, 2.24) is 5.32 Å². The number of carbonyl (C=O) groups is 1. The zero-order valence-corrected chi connectivity index (χ0v) is 6.45. The second-order valence-electron chi connectivity index (χ2n) is 1.62. The van der Waals surface area contributed by atoms with Gasteiger partial charge in [0.2, 0.25) is 0 Å². The highest BCUT2D eigenvalue weighted by atomic mass is 32.2. The van der Waals surface area contributed by atoms with E-state index >= 15 is 0 Å². The van der Waals surface area contributed by atoms with Crippen LogP contribution in [0.3, 0.4) is 0 Å². The zero-order valence-electron chi connectivity index (χ0n) is 5.63. The van der Waals surface area contributed by atoms with Crippen molar-refractivity contribution < 1.29 is 9.90 Å². The van der Waals surface area contributed by atoms with Gasteiger partial charge in [-0.1, -0.05) is 0 Å². The fourth-order valence-corrected chi connectivity index (χ4v) is 1.03. The second-order valence-corrected chi connectivity index (χ2v) is 2.84. The Hall–Kier alpha value is -0.420. The number of nitrogens with two attached hydrogens (primary N) is 1. The van der Waals surface area contributed by atoms with Crippen LogP contribution < -0.4 is 11.1 Å². The molecule has 0 heterocycles. The van der Waals surface area contributed by atoms with Crippen LogP contribution in [0.2, 0.25) is 0 Å². The molecule has 0 aromatic carbocycles. The number of rotatable bonds is 5. The summed E-state index contributed by atoms with van der Waals surface area (Å²) in [5, 5.41) is 11.9. The summed E-state index contributed by atoms with van der Waals surface area (Å²) in [7, 11) is 0. The maximum atomic E-state index is 9.78. The van der Waals surface area contributed by atoms with E-state index < -0.39 is 6.09 Å². The number of thioether (sulfide) groups is 1. The van der Waals surface area contributed by atoms with Crippen LogP contribution in [0.15, 0.2) is 0 Å². The Morgan fingerprint density at radius 1 is 1.50 bits per heavy atom. The van der Waals surface area contributed by atoms with Crippen molar-refractivity contribution in [3.05, 3.63) is 0 Å². The normalized spacial score (nSPS) is 9.30. The van der Waals surface area contributed by atoms with E-state index in [0.29, 0.717) is 13.1 Å². The summed E-state index contributed by atoms with van der Waals surface area (Å²) in [6, 6.07) is 0. The van der Waals surface area contributed by atoms with Crippen molar-refractivity contribution in [1.29, 1.82) is 0 Å². The molecule has 10 heavy (non-hydrogen) atoms. The van der Waals surface area contributed by atoms with Crippen LogP contribution in [-0.2, 0) is 5.11 Å². The highest BCUT2D eigenvalue weighted by Gasteiger charge is 1.94. The third kappa shape index (κ3) is 7.58. The molecule has 0 saturated carbocycles. The minimum atomic E-state index is -1.21. The van der Waals surface area contributed by atoms with Crippen molar-refractivity contribution in [2.45, 2.75) is 0 Å². The fourth-order valence-electron chi connectivity index (χ4n) is 0.411. The Bertz CT molecular complexity index is 99.6. The summed E-state index contributed by atoms with van der Waals surface area (Å²) in [5.74, 6) is 1.62. The molecule has 3 N–H and O–H groups in total.